The fourth-order valence-corrected chi connectivity index (χ4v) is 5.86. The van der Waals surface area contributed by atoms with E-state index >= 15 is 0 Å². The van der Waals surface area contributed by atoms with Crippen molar-refractivity contribution in [3.8, 4) is 0 Å². The van der Waals surface area contributed by atoms with E-state index < -0.39 is 148 Å². The molecule has 0 aromatic heterocycles. The Kier molecular flexibility index (Phi) is 13.2. The monoisotopic (exact) mass is 691 g/mol. The minimum absolute atomic E-state index is 0.713. The van der Waals surface area contributed by atoms with E-state index in [1.165, 1.54) is 6.92 Å². The predicted octanol–water partition coefficient (Wildman–Crippen LogP) is -8.58. The molecule has 4 rings (SSSR count). The van der Waals surface area contributed by atoms with Crippen molar-refractivity contribution in [2.24, 2.45) is 0 Å². The van der Waals surface area contributed by atoms with Gasteiger partial charge >= 0.3 is 0 Å². The molecule has 0 spiro atoms. The summed E-state index contributed by atoms with van der Waals surface area (Å²) in [7, 11) is 0. The lowest BCUT2D eigenvalue weighted by atomic mass is 9.94. The zero-order valence-corrected chi connectivity index (χ0v) is 25.3. The van der Waals surface area contributed by atoms with E-state index in [0.717, 1.165) is 6.92 Å². The lowest BCUT2D eigenvalue weighted by Gasteiger charge is -2.50. The summed E-state index contributed by atoms with van der Waals surface area (Å²) in [4.78, 5) is 12.0. The van der Waals surface area contributed by atoms with E-state index in [9.17, 15) is 66.1 Å². The fraction of sp³-hybridized carbons (Fsp3) is 0.962. The van der Waals surface area contributed by atoms with Crippen molar-refractivity contribution in [1.29, 1.82) is 0 Å². The molecule has 4 aliphatic rings. The first-order chi connectivity index (χ1) is 22.1. The fourth-order valence-electron chi connectivity index (χ4n) is 5.86. The Labute approximate surface area is 267 Å². The third-order valence-electron chi connectivity index (χ3n) is 8.57. The van der Waals surface area contributed by atoms with Crippen LogP contribution in [-0.2, 0) is 38.0 Å². The van der Waals surface area contributed by atoms with Crippen LogP contribution in [0.25, 0.3) is 0 Å². The summed E-state index contributed by atoms with van der Waals surface area (Å²) in [6.45, 7) is -0.159. The average molecular weight is 692 g/mol. The lowest BCUT2D eigenvalue weighted by molar-refractivity contribution is -0.400. The summed E-state index contributed by atoms with van der Waals surface area (Å²) in [5.41, 5.74) is 0. The van der Waals surface area contributed by atoms with Crippen LogP contribution in [0.2, 0.25) is 0 Å². The highest BCUT2D eigenvalue weighted by Gasteiger charge is 2.56. The van der Waals surface area contributed by atoms with Crippen molar-refractivity contribution >= 4 is 5.91 Å². The quantitative estimate of drug-likeness (QED) is 0.101. The number of hydrogen-bond acceptors (Lipinski definition) is 20. The van der Waals surface area contributed by atoms with Gasteiger partial charge in [0, 0.05) is 6.92 Å². The largest absolute Gasteiger partial charge is 0.394 e. The Morgan fingerprint density at radius 2 is 1.06 bits per heavy atom. The third kappa shape index (κ3) is 8.04. The maximum absolute atomic E-state index is 12.0. The number of carbonyl (C=O) groups excluding carboxylic acids is 1. The normalized spacial score (nSPS) is 51.0. The number of hydrogen-bond donors (Lipinski definition) is 13. The SMILES string of the molecule is CC(=O)N[C@H]1[C@H](O[C@H]2[C@@H](O)[C@@H](CO)O[C@H](O[C@@H]3[C@@H](O)[C@@H](O)O[C@H](CO)[C@@H]3O)[C@@H]2O[C@@H]2O[C@@H](C)[C@@H](O)[C@@H](O)[C@@H]2O)O[C@H](CO)[C@@H](O)[C@@H]1O. The van der Waals surface area contributed by atoms with Gasteiger partial charge in [-0.15, -0.1) is 0 Å². The highest BCUT2D eigenvalue weighted by molar-refractivity contribution is 5.73. The molecular weight excluding hydrogens is 646 g/mol. The van der Waals surface area contributed by atoms with Gasteiger partial charge in [-0.05, 0) is 6.92 Å². The third-order valence-corrected chi connectivity index (χ3v) is 8.57. The molecule has 21 nitrogen and oxygen atoms in total. The van der Waals surface area contributed by atoms with Crippen LogP contribution in [0.5, 0.6) is 0 Å². The number of rotatable bonds is 10. The van der Waals surface area contributed by atoms with Crippen LogP contribution in [0.3, 0.4) is 0 Å². The highest BCUT2D eigenvalue weighted by atomic mass is 16.8. The molecule has 0 unspecified atom stereocenters. The summed E-state index contributed by atoms with van der Waals surface area (Å²) in [5.74, 6) is -0.713. The standard InChI is InChI=1S/C26H45NO20/c1-6-12(32)17(37)18(38)25(41-6)47-22-21(46-24-11(27-7(2)31)16(36)13(33)8(3-28)43-24)15(35)10(5-30)44-26(22)45-20-14(34)9(4-29)42-23(40)19(20)39/h6,8-26,28-30,32-40H,3-5H2,1-2H3,(H,27,31)/t6-,8+,9+,10+,11+,12+,13+,14-,15-,16+,17+,18-,19+,20-,21-,22+,23-,24-,25-,26+/m0/s1. The Morgan fingerprint density at radius 1 is 0.553 bits per heavy atom. The summed E-state index contributed by atoms with van der Waals surface area (Å²) in [6.07, 6.45) is -33.2. The molecule has 47 heavy (non-hydrogen) atoms. The number of ether oxygens (including phenoxy) is 7. The summed E-state index contributed by atoms with van der Waals surface area (Å²) in [6, 6.07) is -1.54. The molecule has 0 aromatic rings. The van der Waals surface area contributed by atoms with Crippen molar-refractivity contribution in [3.63, 3.8) is 0 Å². The molecule has 0 aromatic carbocycles. The second kappa shape index (κ2) is 16.2. The van der Waals surface area contributed by atoms with Crippen LogP contribution >= 0.6 is 0 Å². The Hall–Kier alpha value is -1.29. The maximum atomic E-state index is 12.0. The molecule has 4 fully saturated rings. The van der Waals surface area contributed by atoms with Crippen molar-refractivity contribution in [2.75, 3.05) is 19.8 Å². The molecule has 0 saturated carbocycles. The Balaban J connectivity index is 1.73. The van der Waals surface area contributed by atoms with Gasteiger partial charge in [0.1, 0.15) is 91.5 Å². The van der Waals surface area contributed by atoms with Crippen LogP contribution in [0.1, 0.15) is 13.8 Å². The first kappa shape index (κ1) is 38.5. The lowest BCUT2D eigenvalue weighted by Crippen LogP contribution is -2.69. The van der Waals surface area contributed by atoms with E-state index in [-0.39, 0.29) is 0 Å². The molecule has 274 valence electrons. The van der Waals surface area contributed by atoms with Crippen molar-refractivity contribution in [3.05, 3.63) is 0 Å². The zero-order valence-electron chi connectivity index (χ0n) is 25.3. The number of amides is 1. The molecule has 13 N–H and O–H groups in total. The van der Waals surface area contributed by atoms with Gasteiger partial charge in [-0.2, -0.15) is 0 Å². The first-order valence-corrected chi connectivity index (χ1v) is 15.0. The van der Waals surface area contributed by atoms with Crippen LogP contribution in [0.4, 0.5) is 0 Å². The second-order valence-electron chi connectivity index (χ2n) is 11.9. The van der Waals surface area contributed by atoms with Gasteiger partial charge in [0.2, 0.25) is 5.91 Å². The van der Waals surface area contributed by atoms with E-state index in [2.05, 4.69) is 5.32 Å². The Bertz CT molecular complexity index is 1010. The van der Waals surface area contributed by atoms with E-state index in [1.54, 1.807) is 0 Å². The second-order valence-corrected chi connectivity index (χ2v) is 11.9. The topological polar surface area (TPSA) is 336 Å². The number of carbonyl (C=O) groups is 1. The predicted molar refractivity (Wildman–Crippen MR) is 144 cm³/mol. The minimum Gasteiger partial charge on any atom is -0.394 e. The molecular formula is C26H45NO20. The molecule has 20 atom stereocenters. The molecule has 4 saturated heterocycles. The summed E-state index contributed by atoms with van der Waals surface area (Å²) >= 11 is 0. The van der Waals surface area contributed by atoms with Gasteiger partial charge in [0.05, 0.1) is 25.9 Å². The highest BCUT2D eigenvalue weighted by Crippen LogP contribution is 2.35. The van der Waals surface area contributed by atoms with Crippen LogP contribution in [-0.4, -0.2) is 210 Å². The molecule has 4 aliphatic heterocycles. The summed E-state index contributed by atoms with van der Waals surface area (Å²) in [5, 5.41) is 127. The van der Waals surface area contributed by atoms with Gasteiger partial charge in [0.15, 0.2) is 25.2 Å². The van der Waals surface area contributed by atoms with Crippen molar-refractivity contribution in [2.45, 2.75) is 137 Å². The smallest absolute Gasteiger partial charge is 0.217 e. The molecule has 21 heteroatoms. The van der Waals surface area contributed by atoms with Crippen LogP contribution < -0.4 is 5.32 Å². The van der Waals surface area contributed by atoms with Gasteiger partial charge in [-0.3, -0.25) is 4.79 Å². The van der Waals surface area contributed by atoms with E-state index in [1.807, 2.05) is 0 Å². The first-order valence-electron chi connectivity index (χ1n) is 15.0. The molecule has 1 amide bonds. The van der Waals surface area contributed by atoms with Crippen LogP contribution in [0, 0.1) is 0 Å². The molecule has 0 radical (unpaired) electrons. The number of nitrogens with one attached hydrogen (secondary N) is 1. The number of aliphatic hydroxyl groups is 12. The van der Waals surface area contributed by atoms with E-state index in [0.29, 0.717) is 0 Å². The molecule has 0 aliphatic carbocycles. The average Bonchev–Trinajstić information content (AvgIpc) is 3.04. The van der Waals surface area contributed by atoms with Crippen LogP contribution in [0.15, 0.2) is 0 Å². The van der Waals surface area contributed by atoms with E-state index in [4.69, 9.17) is 33.2 Å². The van der Waals surface area contributed by atoms with Gasteiger partial charge < -0.3 is 99.8 Å². The van der Waals surface area contributed by atoms with Gasteiger partial charge in [-0.25, -0.2) is 0 Å². The Morgan fingerprint density at radius 3 is 1.66 bits per heavy atom. The zero-order chi connectivity index (χ0) is 34.9. The number of aliphatic hydroxyl groups excluding tert-OH is 12. The van der Waals surface area contributed by atoms with Crippen molar-refractivity contribution < 1.29 is 99.2 Å². The van der Waals surface area contributed by atoms with Crippen molar-refractivity contribution in [1.82, 2.24) is 5.32 Å². The maximum Gasteiger partial charge on any atom is 0.217 e. The minimum atomic E-state index is -1.98. The van der Waals surface area contributed by atoms with Gasteiger partial charge in [0.25, 0.3) is 0 Å². The summed E-state index contributed by atoms with van der Waals surface area (Å²) < 4.78 is 39.5. The molecule has 0 bridgehead atoms. The van der Waals surface area contributed by atoms with Gasteiger partial charge in [-0.1, -0.05) is 0 Å². The molecule has 4 heterocycles.